The standard InChI is InChI=1S/C30H48FNO9/c1-11-19-23-20(32(10)28(37)40-23)17(5)21(33)15(3)13-29(7,8)25(18(6)24(35)30(9,31)27(36)39-19)41-26-22(34)14(2)12-16(4)38-26/h14-20,22-23,25-26,34H,11-13H2,1-10H3/t14-,15+,16+,17+,18-,19+,20+,22+,23+,25+,26?,30-/m0/s1. The summed E-state index contributed by atoms with van der Waals surface area (Å²) in [4.78, 5) is 54.6. The second kappa shape index (κ2) is 12.2. The van der Waals surface area contributed by atoms with Gasteiger partial charge in [-0.2, -0.15) is 0 Å². The van der Waals surface area contributed by atoms with Crippen LogP contribution in [0.2, 0.25) is 0 Å². The van der Waals surface area contributed by atoms with E-state index >= 15 is 4.39 Å². The average Bonchev–Trinajstić information content (AvgIpc) is 3.18. The van der Waals surface area contributed by atoms with Gasteiger partial charge in [-0.1, -0.05) is 48.5 Å². The van der Waals surface area contributed by atoms with Gasteiger partial charge >= 0.3 is 12.1 Å². The van der Waals surface area contributed by atoms with E-state index in [4.69, 9.17) is 18.9 Å². The molecule has 1 N–H and O–H groups in total. The molecule has 3 saturated heterocycles. The van der Waals surface area contributed by atoms with Crippen molar-refractivity contribution in [2.75, 3.05) is 7.05 Å². The number of ether oxygens (including phenoxy) is 4. The van der Waals surface area contributed by atoms with Crippen LogP contribution in [-0.2, 0) is 33.3 Å². The third-order valence-electron chi connectivity index (χ3n) is 9.31. The fourth-order valence-electron chi connectivity index (χ4n) is 6.98. The number of likely N-dealkylation sites (N-methyl/N-ethyl adjacent to an activating group) is 1. The molecule has 12 atom stereocenters. The van der Waals surface area contributed by atoms with E-state index in [0.29, 0.717) is 6.42 Å². The summed E-state index contributed by atoms with van der Waals surface area (Å²) in [6, 6.07) is -0.762. The highest BCUT2D eigenvalue weighted by Crippen LogP contribution is 2.42. The number of carbonyl (C=O) groups is 4. The van der Waals surface area contributed by atoms with Gasteiger partial charge in [0.15, 0.2) is 18.2 Å². The molecule has 3 fully saturated rings. The molecule has 3 aliphatic rings. The van der Waals surface area contributed by atoms with Crippen LogP contribution in [0.15, 0.2) is 0 Å². The third-order valence-corrected chi connectivity index (χ3v) is 9.31. The molecule has 0 aromatic rings. The minimum atomic E-state index is -3.04. The zero-order chi connectivity index (χ0) is 31.2. The Kier molecular flexibility index (Phi) is 9.97. The summed E-state index contributed by atoms with van der Waals surface area (Å²) >= 11 is 0. The fraction of sp³-hybridized carbons (Fsp3) is 0.867. The number of carbonyl (C=O) groups excluding carboxylic acids is 4. The molecule has 0 aliphatic carbocycles. The summed E-state index contributed by atoms with van der Waals surface area (Å²) in [6.45, 7) is 14.8. The smallest absolute Gasteiger partial charge is 0.410 e. The van der Waals surface area contributed by atoms with Crippen LogP contribution < -0.4 is 0 Å². The highest BCUT2D eigenvalue weighted by atomic mass is 19.1. The normalized spacial score (nSPS) is 44.6. The maximum atomic E-state index is 16.2. The number of hydrogen-bond acceptors (Lipinski definition) is 9. The van der Waals surface area contributed by atoms with Gasteiger partial charge in [-0.25, -0.2) is 14.0 Å². The zero-order valence-corrected chi connectivity index (χ0v) is 26.0. The minimum Gasteiger partial charge on any atom is -0.456 e. The van der Waals surface area contributed by atoms with Crippen molar-refractivity contribution >= 4 is 23.6 Å². The van der Waals surface area contributed by atoms with Crippen molar-refractivity contribution < 1.29 is 47.6 Å². The van der Waals surface area contributed by atoms with E-state index in [9.17, 15) is 24.3 Å². The Balaban J connectivity index is 2.08. The molecule has 0 aromatic carbocycles. The average molecular weight is 586 g/mol. The summed E-state index contributed by atoms with van der Waals surface area (Å²) in [5.74, 6) is -5.16. The van der Waals surface area contributed by atoms with E-state index < -0.39 is 83.4 Å². The first kappa shape index (κ1) is 33.4. The van der Waals surface area contributed by atoms with Crippen LogP contribution >= 0.6 is 0 Å². The molecule has 11 heteroatoms. The second-order valence-corrected chi connectivity index (χ2v) is 13.3. The molecule has 1 amide bonds. The van der Waals surface area contributed by atoms with Crippen molar-refractivity contribution in [1.82, 2.24) is 4.90 Å². The summed E-state index contributed by atoms with van der Waals surface area (Å²) in [5, 5.41) is 10.9. The first-order valence-electron chi connectivity index (χ1n) is 14.8. The monoisotopic (exact) mass is 585 g/mol. The zero-order valence-electron chi connectivity index (χ0n) is 26.0. The number of aliphatic hydroxyl groups is 1. The minimum absolute atomic E-state index is 0.138. The van der Waals surface area contributed by atoms with Gasteiger partial charge in [-0.05, 0) is 44.4 Å². The molecular formula is C30H48FNO9. The number of aliphatic hydroxyl groups excluding tert-OH is 1. The van der Waals surface area contributed by atoms with E-state index in [0.717, 1.165) is 6.92 Å². The maximum Gasteiger partial charge on any atom is 0.410 e. The third kappa shape index (κ3) is 6.46. The van der Waals surface area contributed by atoms with Crippen molar-refractivity contribution in [3.8, 4) is 0 Å². The summed E-state index contributed by atoms with van der Waals surface area (Å²) in [5.41, 5.74) is -3.96. The summed E-state index contributed by atoms with van der Waals surface area (Å²) < 4.78 is 39.5. The van der Waals surface area contributed by atoms with Gasteiger partial charge in [0.25, 0.3) is 5.67 Å². The Bertz CT molecular complexity index is 1020. The number of hydrogen-bond donors (Lipinski definition) is 1. The van der Waals surface area contributed by atoms with Gasteiger partial charge in [0.1, 0.15) is 18.0 Å². The van der Waals surface area contributed by atoms with Crippen LogP contribution in [0.1, 0.15) is 81.6 Å². The topological polar surface area (TPSA) is 129 Å². The molecule has 3 heterocycles. The van der Waals surface area contributed by atoms with Crippen molar-refractivity contribution in [2.24, 2.45) is 29.1 Å². The number of halogens is 1. The molecule has 0 spiro atoms. The van der Waals surface area contributed by atoms with E-state index in [1.165, 1.54) is 18.9 Å². The molecule has 41 heavy (non-hydrogen) atoms. The lowest BCUT2D eigenvalue weighted by Crippen LogP contribution is -2.56. The van der Waals surface area contributed by atoms with Crippen LogP contribution in [0, 0.1) is 29.1 Å². The number of fused-ring (bicyclic) bond motifs is 1. The molecule has 10 nitrogen and oxygen atoms in total. The van der Waals surface area contributed by atoms with E-state index in [1.807, 2.05) is 27.7 Å². The van der Waals surface area contributed by atoms with Crippen molar-refractivity contribution in [2.45, 2.75) is 130 Å². The number of ketones is 2. The quantitative estimate of drug-likeness (QED) is 0.388. The molecule has 0 saturated carbocycles. The van der Waals surface area contributed by atoms with Gasteiger partial charge in [-0.15, -0.1) is 0 Å². The molecule has 0 aromatic heterocycles. The summed E-state index contributed by atoms with van der Waals surface area (Å²) in [6.07, 6.45) is -5.08. The Morgan fingerprint density at radius 2 is 1.63 bits per heavy atom. The lowest BCUT2D eigenvalue weighted by molar-refractivity contribution is -0.284. The molecule has 0 bridgehead atoms. The largest absolute Gasteiger partial charge is 0.456 e. The first-order chi connectivity index (χ1) is 18.8. The van der Waals surface area contributed by atoms with Crippen molar-refractivity contribution in [1.29, 1.82) is 0 Å². The van der Waals surface area contributed by atoms with Gasteiger partial charge in [0.2, 0.25) is 0 Å². The van der Waals surface area contributed by atoms with Gasteiger partial charge < -0.3 is 29.0 Å². The van der Waals surface area contributed by atoms with Crippen LogP contribution in [-0.4, -0.2) is 89.2 Å². The molecule has 3 rings (SSSR count). The molecule has 234 valence electrons. The molecule has 3 aliphatic heterocycles. The predicted molar refractivity (Wildman–Crippen MR) is 146 cm³/mol. The molecule has 0 radical (unpaired) electrons. The number of cyclic esters (lactones) is 1. The second-order valence-electron chi connectivity index (χ2n) is 13.3. The van der Waals surface area contributed by atoms with E-state index in [2.05, 4.69) is 0 Å². The SMILES string of the molecule is CC[C@H]1OC(=O)[C@@](C)(F)C(=O)[C@H](C)[C@@H](OC2O[C@H](C)C[C@H](C)[C@H]2O)C(C)(C)C[C@@H](C)C(=O)[C@H](C)[C@@H]2[C@@H]1OC(=O)N2C. The van der Waals surface area contributed by atoms with Crippen LogP contribution in [0.4, 0.5) is 9.18 Å². The number of Topliss-reactive ketones (excluding diaryl/α,β-unsaturated/α-hetero) is 2. The number of amides is 1. The Morgan fingerprint density at radius 1 is 1.02 bits per heavy atom. The first-order valence-corrected chi connectivity index (χ1v) is 14.8. The van der Waals surface area contributed by atoms with E-state index in [1.54, 1.807) is 20.8 Å². The Labute approximate surface area is 242 Å². The maximum absolute atomic E-state index is 16.2. The van der Waals surface area contributed by atoms with Crippen LogP contribution in [0.3, 0.4) is 0 Å². The van der Waals surface area contributed by atoms with Crippen molar-refractivity contribution in [3.05, 3.63) is 0 Å². The fourth-order valence-corrected chi connectivity index (χ4v) is 6.98. The van der Waals surface area contributed by atoms with Gasteiger partial charge in [0, 0.05) is 24.8 Å². The predicted octanol–water partition coefficient (Wildman–Crippen LogP) is 3.85. The van der Waals surface area contributed by atoms with Gasteiger partial charge in [-0.3, -0.25) is 9.59 Å². The number of esters is 1. The number of nitrogens with zero attached hydrogens (tertiary/aromatic N) is 1. The highest BCUT2D eigenvalue weighted by Gasteiger charge is 2.55. The van der Waals surface area contributed by atoms with Crippen LogP contribution in [0.5, 0.6) is 0 Å². The van der Waals surface area contributed by atoms with Crippen LogP contribution in [0.25, 0.3) is 0 Å². The highest BCUT2D eigenvalue weighted by molar-refractivity contribution is 6.07. The lowest BCUT2D eigenvalue weighted by Gasteiger charge is -2.45. The van der Waals surface area contributed by atoms with E-state index in [-0.39, 0.29) is 30.6 Å². The lowest BCUT2D eigenvalue weighted by atomic mass is 9.69. The Morgan fingerprint density at radius 3 is 2.22 bits per heavy atom. The molecular weight excluding hydrogens is 537 g/mol. The van der Waals surface area contributed by atoms with Gasteiger partial charge in [0.05, 0.1) is 18.2 Å². The summed E-state index contributed by atoms with van der Waals surface area (Å²) in [7, 11) is 1.51. The number of alkyl halides is 1. The molecule has 1 unspecified atom stereocenters. The van der Waals surface area contributed by atoms with Crippen molar-refractivity contribution in [3.63, 3.8) is 0 Å². The Hall–Kier alpha value is -2.11. The number of rotatable bonds is 3.